The zero-order valence-electron chi connectivity index (χ0n) is 25.1. The minimum absolute atomic E-state index is 1.37. The van der Waals surface area contributed by atoms with E-state index in [0.29, 0.717) is 0 Å². The van der Waals surface area contributed by atoms with Gasteiger partial charge in [-0.3, -0.25) is 0 Å². The maximum Gasteiger partial charge on any atom is 0.000442 e. The van der Waals surface area contributed by atoms with Crippen LogP contribution in [0.15, 0.2) is 36.7 Å². The van der Waals surface area contributed by atoms with Crippen LogP contribution in [0.2, 0.25) is 0 Å². The third kappa shape index (κ3) is 33.0. The van der Waals surface area contributed by atoms with Crippen molar-refractivity contribution in [3.63, 3.8) is 0 Å². The van der Waals surface area contributed by atoms with Crippen LogP contribution in [-0.4, -0.2) is 0 Å². The summed E-state index contributed by atoms with van der Waals surface area (Å²) in [6.45, 7) is 4.61. The third-order valence-electron chi connectivity index (χ3n) is 7.43. The second-order valence-corrected chi connectivity index (χ2v) is 11.1. The first-order valence-electron chi connectivity index (χ1n) is 16.7. The second-order valence-electron chi connectivity index (χ2n) is 11.1. The molecular weight excluding hydrogens is 434 g/mol. The minimum atomic E-state index is 1.37. The fourth-order valence-electron chi connectivity index (χ4n) is 4.97. The van der Waals surface area contributed by atoms with E-state index in [1.54, 1.807) is 0 Å². The van der Waals surface area contributed by atoms with Gasteiger partial charge in [-0.2, -0.15) is 0 Å². The van der Waals surface area contributed by atoms with Crippen LogP contribution in [-0.2, 0) is 0 Å². The topological polar surface area (TPSA) is 12.0 Å². The highest BCUT2D eigenvalue weighted by molar-refractivity contribution is 5.14. The molecule has 0 radical (unpaired) electrons. The molecule has 0 amide bonds. The Morgan fingerprint density at radius 1 is 0.278 bits per heavy atom. The Morgan fingerprint density at radius 3 is 0.667 bits per heavy atom. The van der Waals surface area contributed by atoms with Crippen molar-refractivity contribution in [3.05, 3.63) is 36.7 Å². The van der Waals surface area contributed by atoms with E-state index in [4.69, 9.17) is 0 Å². The molecule has 1 N–H and O–H groups in total. The largest absolute Gasteiger partial charge is 0.368 e. The Labute approximate surface area is 229 Å². The highest BCUT2D eigenvalue weighted by Crippen LogP contribution is 2.16. The average Bonchev–Trinajstić information content (AvgIpc) is 3.22. The molecule has 0 aromatic rings. The van der Waals surface area contributed by atoms with Crippen molar-refractivity contribution in [2.75, 3.05) is 0 Å². The first-order chi connectivity index (χ1) is 17.9. The second kappa shape index (κ2) is 34.0. The molecule has 0 aliphatic carbocycles. The van der Waals surface area contributed by atoms with Gasteiger partial charge in [0.05, 0.1) is 0 Å². The molecule has 1 nitrogen and oxygen atoms in total. The van der Waals surface area contributed by atoms with Gasteiger partial charge in [0.2, 0.25) is 0 Å². The summed E-state index contributed by atoms with van der Waals surface area (Å²) in [6, 6.07) is 0. The van der Waals surface area contributed by atoms with Crippen molar-refractivity contribution in [2.24, 2.45) is 0 Å². The van der Waals surface area contributed by atoms with E-state index in [9.17, 15) is 0 Å². The molecule has 0 aromatic carbocycles. The highest BCUT2D eigenvalue weighted by Gasteiger charge is 1.96. The average molecular weight is 502 g/mol. The van der Waals surface area contributed by atoms with E-state index in [-0.39, 0.29) is 0 Å². The summed E-state index contributed by atoms with van der Waals surface area (Å²) in [7, 11) is 0. The van der Waals surface area contributed by atoms with Gasteiger partial charge in [0.25, 0.3) is 0 Å². The van der Waals surface area contributed by atoms with Crippen LogP contribution in [0.4, 0.5) is 0 Å². The Hall–Kier alpha value is -0.980. The van der Waals surface area contributed by atoms with Gasteiger partial charge < -0.3 is 5.32 Å². The summed E-state index contributed by atoms with van der Waals surface area (Å²) < 4.78 is 0. The van der Waals surface area contributed by atoms with E-state index in [0.717, 1.165) is 0 Å². The molecule has 0 saturated heterocycles. The van der Waals surface area contributed by atoms with Crippen molar-refractivity contribution in [1.29, 1.82) is 0 Å². The molecule has 0 atom stereocenters. The summed E-state index contributed by atoms with van der Waals surface area (Å²) in [4.78, 5) is 0. The molecule has 1 aliphatic heterocycles. The summed E-state index contributed by atoms with van der Waals surface area (Å²) >= 11 is 0. The lowest BCUT2D eigenvalue weighted by Crippen LogP contribution is -1.87. The van der Waals surface area contributed by atoms with Crippen molar-refractivity contribution in [3.8, 4) is 0 Å². The summed E-state index contributed by atoms with van der Waals surface area (Å²) in [5, 5.41) is 2.92. The molecule has 1 heteroatoms. The van der Waals surface area contributed by atoms with E-state index >= 15 is 0 Å². The van der Waals surface area contributed by atoms with Crippen LogP contribution in [0.1, 0.15) is 187 Å². The van der Waals surface area contributed by atoms with Crippen LogP contribution in [0.3, 0.4) is 0 Å². The zero-order valence-corrected chi connectivity index (χ0v) is 25.1. The monoisotopic (exact) mass is 502 g/mol. The maximum absolute atomic E-state index is 2.92. The molecule has 1 rings (SSSR count). The van der Waals surface area contributed by atoms with E-state index < -0.39 is 0 Å². The molecule has 0 unspecified atom stereocenters. The normalized spacial score (nSPS) is 12.3. The van der Waals surface area contributed by atoms with Crippen molar-refractivity contribution < 1.29 is 0 Å². The minimum Gasteiger partial charge on any atom is -0.368 e. The van der Waals surface area contributed by atoms with Gasteiger partial charge in [-0.25, -0.2) is 0 Å². The fourth-order valence-corrected chi connectivity index (χ4v) is 4.97. The molecule has 212 valence electrons. The molecule has 1 aliphatic rings. The number of rotatable bonds is 26. The van der Waals surface area contributed by atoms with Crippen LogP contribution in [0, 0.1) is 0 Å². The number of unbranched alkanes of at least 4 members (excludes halogenated alkanes) is 26. The molecule has 0 bridgehead atoms. The predicted octanol–water partition coefficient (Wildman–Crippen LogP) is 12.7. The Kier molecular flexibility index (Phi) is 33.1. The predicted molar refractivity (Wildman–Crippen MR) is 167 cm³/mol. The highest BCUT2D eigenvalue weighted by atomic mass is 14.8. The van der Waals surface area contributed by atoms with E-state index in [1.807, 2.05) is 36.7 Å². The van der Waals surface area contributed by atoms with Crippen LogP contribution >= 0.6 is 0 Å². The molecule has 36 heavy (non-hydrogen) atoms. The summed E-state index contributed by atoms with van der Waals surface area (Å²) in [6.07, 6.45) is 51.5. The van der Waals surface area contributed by atoms with Gasteiger partial charge in [0, 0.05) is 12.4 Å². The first kappa shape index (κ1) is 35.0. The van der Waals surface area contributed by atoms with Gasteiger partial charge in [-0.1, -0.05) is 199 Å². The number of hydrogen-bond acceptors (Lipinski definition) is 1. The number of hydrogen-bond donors (Lipinski definition) is 1. The van der Waals surface area contributed by atoms with Gasteiger partial charge >= 0.3 is 0 Å². The van der Waals surface area contributed by atoms with Gasteiger partial charge in [-0.15, -0.1) is 0 Å². The van der Waals surface area contributed by atoms with Crippen molar-refractivity contribution in [1.82, 2.24) is 5.32 Å². The van der Waals surface area contributed by atoms with E-state index in [2.05, 4.69) is 19.2 Å². The molecule has 0 spiro atoms. The molecular formula is C35H67N. The molecule has 1 heterocycles. The lowest BCUT2D eigenvalue weighted by molar-refractivity contribution is 0.515. The Bertz CT molecular complexity index is 421. The van der Waals surface area contributed by atoms with E-state index in [1.165, 1.54) is 173 Å². The number of nitrogens with one attached hydrogen (secondary N) is 1. The maximum atomic E-state index is 2.92. The Morgan fingerprint density at radius 2 is 0.472 bits per heavy atom. The Balaban J connectivity index is 0.00000148. The standard InChI is InChI=1S/C29H60.C6H7N/c1-3-5-7-9-11-13-15-17-19-21-23-25-27-29-28-26-24-22-20-18-16-14-12-10-8-6-4-2;1-2-4-6-7-5-3-1/h3-29H2,1-2H3;1-7H. The van der Waals surface area contributed by atoms with Gasteiger partial charge in [0.15, 0.2) is 0 Å². The summed E-state index contributed by atoms with van der Waals surface area (Å²) in [5.74, 6) is 0. The quantitative estimate of drug-likeness (QED) is 0.116. The molecule has 0 aromatic heterocycles. The van der Waals surface area contributed by atoms with Crippen molar-refractivity contribution >= 4 is 0 Å². The third-order valence-corrected chi connectivity index (χ3v) is 7.43. The molecule has 0 fully saturated rings. The van der Waals surface area contributed by atoms with Crippen LogP contribution in [0.5, 0.6) is 0 Å². The van der Waals surface area contributed by atoms with Crippen LogP contribution in [0.25, 0.3) is 0 Å². The summed E-state index contributed by atoms with van der Waals surface area (Å²) in [5.41, 5.74) is 0. The molecule has 0 saturated carbocycles. The lowest BCUT2D eigenvalue weighted by atomic mass is 10.0. The number of allylic oxidation sites excluding steroid dienone is 4. The first-order valence-corrected chi connectivity index (χ1v) is 16.7. The van der Waals surface area contributed by atoms with Crippen molar-refractivity contribution in [2.45, 2.75) is 187 Å². The van der Waals surface area contributed by atoms with Crippen LogP contribution < -0.4 is 5.32 Å². The van der Waals surface area contributed by atoms with Gasteiger partial charge in [-0.05, 0) is 12.2 Å². The van der Waals surface area contributed by atoms with Gasteiger partial charge in [0.1, 0.15) is 0 Å². The smallest absolute Gasteiger partial charge is 0.000442 e. The lowest BCUT2D eigenvalue weighted by Gasteiger charge is -2.04. The SMILES string of the molecule is C1=CC=CNC=C1.CCCCCCCCCCCCCCCCCCCCCCCCCCCCC. The zero-order chi connectivity index (χ0) is 26.0. The fraction of sp³-hybridized carbons (Fsp3) is 0.829.